The molecule has 0 bridgehead atoms. The first kappa shape index (κ1) is 20.1. The molecule has 2 rings (SSSR count). The molecule has 2 aliphatic carbocycles. The summed E-state index contributed by atoms with van der Waals surface area (Å²) in [6, 6.07) is 0. The molecule has 0 aromatic heterocycles. The molecule has 2 atom stereocenters. The summed E-state index contributed by atoms with van der Waals surface area (Å²) in [5.41, 5.74) is 6.01. The van der Waals surface area contributed by atoms with Gasteiger partial charge in [0.1, 0.15) is 0 Å². The van der Waals surface area contributed by atoms with Crippen molar-refractivity contribution in [3.63, 3.8) is 0 Å². The molecule has 0 saturated carbocycles. The van der Waals surface area contributed by atoms with E-state index in [-0.39, 0.29) is 24.8 Å². The first-order valence-electron chi connectivity index (χ1n) is 6.83. The fourth-order valence-corrected chi connectivity index (χ4v) is 7.88. The molecule has 0 aromatic carbocycles. The zero-order valence-corrected chi connectivity index (χ0v) is 16.3. The Balaban J connectivity index is 0.00000180. The van der Waals surface area contributed by atoms with Crippen LogP contribution >= 0.6 is 0 Å². The summed E-state index contributed by atoms with van der Waals surface area (Å²) in [5, 5.41) is 0. The number of hydrogen-bond acceptors (Lipinski definition) is 0. The predicted molar refractivity (Wildman–Crippen MR) is 78.4 cm³/mol. The van der Waals surface area contributed by atoms with Gasteiger partial charge in [-0.1, -0.05) is 0 Å². The Morgan fingerprint density at radius 2 is 1.10 bits per heavy atom. The second-order valence-electron chi connectivity index (χ2n) is 5.83. The Bertz CT molecular complexity index is 499. The van der Waals surface area contributed by atoms with E-state index in [9.17, 15) is 0 Å². The molecule has 110 valence electrons. The van der Waals surface area contributed by atoms with Gasteiger partial charge in [-0.3, -0.25) is 0 Å². The summed E-state index contributed by atoms with van der Waals surface area (Å²) in [7, 11) is 0. The van der Waals surface area contributed by atoms with Crippen LogP contribution in [0.15, 0.2) is 42.2 Å². The smallest absolute Gasteiger partial charge is 1.00 e. The normalized spacial score (nSPS) is 24.6. The molecule has 3 heteroatoms. The van der Waals surface area contributed by atoms with Crippen molar-refractivity contribution in [1.29, 1.82) is 0 Å². The fraction of sp³-hybridized carbons (Fsp3) is 0.471. The molecule has 0 radical (unpaired) electrons. The largest absolute Gasteiger partial charge is 1.00 e. The molecule has 0 N–H and O–H groups in total. The van der Waals surface area contributed by atoms with Crippen LogP contribution in [0.1, 0.15) is 41.5 Å². The molecule has 0 fully saturated rings. The molecule has 0 aromatic rings. The molecule has 0 spiro atoms. The van der Waals surface area contributed by atoms with Gasteiger partial charge in [-0.25, -0.2) is 0 Å². The van der Waals surface area contributed by atoms with Gasteiger partial charge < -0.3 is 24.8 Å². The average molecular weight is 347 g/mol. The third-order valence-corrected chi connectivity index (χ3v) is 9.18. The molecular formula is C17H24Cl2Ti. The summed E-state index contributed by atoms with van der Waals surface area (Å²) in [6.07, 6.45) is 4.83. The SMILES string of the molecule is [CH2]=[Ti+2]([C]1=C(C)C(C)=CC1C)[C]1=C(C)C(C)=CC1C.[Cl-].[Cl-]. The minimum Gasteiger partial charge on any atom is -1.00 e. The number of rotatable bonds is 2. The van der Waals surface area contributed by atoms with Crippen LogP contribution in [-0.2, 0) is 17.4 Å². The van der Waals surface area contributed by atoms with E-state index in [1.807, 2.05) is 0 Å². The maximum Gasteiger partial charge on any atom is -1.00 e. The standard InChI is InChI=1S/2C8H11.CH2.2ClH.Ti/c2*1-6-4-7(2)8(3)5-6;;;;/h2*4,6H,1-3H3;1H2;2*1H;/q;;;;;+2/p-2. The van der Waals surface area contributed by atoms with Gasteiger partial charge in [-0.05, 0) is 0 Å². The maximum atomic E-state index is 4.66. The van der Waals surface area contributed by atoms with Crippen LogP contribution in [0.25, 0.3) is 0 Å². The summed E-state index contributed by atoms with van der Waals surface area (Å²) < 4.78 is 3.38. The summed E-state index contributed by atoms with van der Waals surface area (Å²) in [5.74, 6) is 1.23. The van der Waals surface area contributed by atoms with Gasteiger partial charge in [0, 0.05) is 0 Å². The summed E-state index contributed by atoms with van der Waals surface area (Å²) >= 11 is -1.52. The minimum atomic E-state index is -1.52. The van der Waals surface area contributed by atoms with Crippen molar-refractivity contribution in [2.75, 3.05) is 0 Å². The second kappa shape index (κ2) is 7.41. The van der Waals surface area contributed by atoms with Gasteiger partial charge >= 0.3 is 118 Å². The van der Waals surface area contributed by atoms with Gasteiger partial charge in [-0.2, -0.15) is 0 Å². The molecule has 0 heterocycles. The molecule has 2 unspecified atom stereocenters. The fourth-order valence-electron chi connectivity index (χ4n) is 3.42. The Morgan fingerprint density at radius 1 is 0.800 bits per heavy atom. The average Bonchev–Trinajstić information content (AvgIpc) is 2.66. The van der Waals surface area contributed by atoms with Gasteiger partial charge in [-0.15, -0.1) is 0 Å². The third-order valence-electron chi connectivity index (χ3n) is 4.55. The van der Waals surface area contributed by atoms with E-state index in [0.29, 0.717) is 11.8 Å². The van der Waals surface area contributed by atoms with Crippen molar-refractivity contribution < 1.29 is 42.2 Å². The van der Waals surface area contributed by atoms with Gasteiger partial charge in [0.15, 0.2) is 0 Å². The number of allylic oxidation sites excluding steroid dienone is 8. The molecule has 2 aliphatic rings. The van der Waals surface area contributed by atoms with Crippen LogP contribution < -0.4 is 24.8 Å². The molecule has 0 aliphatic heterocycles. The molecule has 0 nitrogen and oxygen atoms in total. The van der Waals surface area contributed by atoms with Crippen LogP contribution in [-0.4, -0.2) is 4.82 Å². The van der Waals surface area contributed by atoms with Crippen molar-refractivity contribution in [2.45, 2.75) is 41.5 Å². The molecular weight excluding hydrogens is 323 g/mol. The first-order valence-corrected chi connectivity index (χ1v) is 9.50. The van der Waals surface area contributed by atoms with Crippen molar-refractivity contribution in [2.24, 2.45) is 11.8 Å². The van der Waals surface area contributed by atoms with Crippen LogP contribution in [0.4, 0.5) is 0 Å². The molecule has 0 amide bonds. The van der Waals surface area contributed by atoms with E-state index >= 15 is 0 Å². The van der Waals surface area contributed by atoms with Crippen LogP contribution in [0.5, 0.6) is 0 Å². The van der Waals surface area contributed by atoms with Crippen molar-refractivity contribution in [3.8, 4) is 0 Å². The van der Waals surface area contributed by atoms with Crippen molar-refractivity contribution in [1.82, 2.24) is 0 Å². The maximum absolute atomic E-state index is 4.66. The van der Waals surface area contributed by atoms with Crippen molar-refractivity contribution >= 4 is 4.82 Å². The Morgan fingerprint density at radius 3 is 1.30 bits per heavy atom. The monoisotopic (exact) mass is 346 g/mol. The van der Waals surface area contributed by atoms with E-state index in [1.54, 1.807) is 7.76 Å². The zero-order valence-electron chi connectivity index (χ0n) is 13.3. The number of halogens is 2. The minimum absolute atomic E-state index is 0. The van der Waals surface area contributed by atoms with E-state index < -0.39 is 17.4 Å². The van der Waals surface area contributed by atoms with Crippen LogP contribution in [0.3, 0.4) is 0 Å². The van der Waals surface area contributed by atoms with Gasteiger partial charge in [0.2, 0.25) is 0 Å². The Kier molecular flexibility index (Phi) is 7.45. The third kappa shape index (κ3) is 3.30. The van der Waals surface area contributed by atoms with E-state index in [1.165, 1.54) is 22.3 Å². The van der Waals surface area contributed by atoms with Crippen molar-refractivity contribution in [3.05, 3.63) is 42.2 Å². The summed E-state index contributed by atoms with van der Waals surface area (Å²) in [6.45, 7) is 13.7. The quantitative estimate of drug-likeness (QED) is 0.550. The summed E-state index contributed by atoms with van der Waals surface area (Å²) in [4.78, 5) is 4.66. The van der Waals surface area contributed by atoms with Crippen LogP contribution in [0, 0.1) is 11.8 Å². The Hall–Kier alpha value is 0.124. The second-order valence-corrected chi connectivity index (χ2v) is 9.01. The van der Waals surface area contributed by atoms with Crippen LogP contribution in [0.2, 0.25) is 0 Å². The first-order chi connectivity index (χ1) is 8.34. The van der Waals surface area contributed by atoms with Gasteiger partial charge in [0.25, 0.3) is 0 Å². The van der Waals surface area contributed by atoms with E-state index in [4.69, 9.17) is 0 Å². The Labute approximate surface area is 142 Å². The molecule has 20 heavy (non-hydrogen) atoms. The van der Waals surface area contributed by atoms with Gasteiger partial charge in [0.05, 0.1) is 0 Å². The van der Waals surface area contributed by atoms with E-state index in [0.717, 1.165) is 0 Å². The number of hydrogen-bond donors (Lipinski definition) is 0. The predicted octanol–water partition coefficient (Wildman–Crippen LogP) is -1.22. The zero-order chi connectivity index (χ0) is 13.6. The topological polar surface area (TPSA) is 0 Å². The van der Waals surface area contributed by atoms with E-state index in [2.05, 4.69) is 58.5 Å². The molecule has 0 saturated heterocycles.